The van der Waals surface area contributed by atoms with Crippen molar-refractivity contribution in [3.63, 3.8) is 0 Å². The first-order valence-electron chi connectivity index (χ1n) is 9.54. The SMILES string of the molecule is O=C(Cn1ccc2cc(S(=O)(=O)N3CCCC3)ccc21)NCc1ccccc1F. The van der Waals surface area contributed by atoms with Crippen LogP contribution < -0.4 is 5.32 Å². The lowest BCUT2D eigenvalue weighted by Crippen LogP contribution is -2.28. The van der Waals surface area contributed by atoms with Crippen LogP contribution in [0, 0.1) is 5.82 Å². The van der Waals surface area contributed by atoms with Crippen molar-refractivity contribution >= 4 is 26.8 Å². The molecule has 0 bridgehead atoms. The second-order valence-electron chi connectivity index (χ2n) is 7.14. The maximum atomic E-state index is 13.7. The smallest absolute Gasteiger partial charge is 0.243 e. The van der Waals surface area contributed by atoms with Crippen molar-refractivity contribution in [1.82, 2.24) is 14.2 Å². The van der Waals surface area contributed by atoms with Crippen LogP contribution >= 0.6 is 0 Å². The van der Waals surface area contributed by atoms with Crippen LogP contribution in [-0.2, 0) is 27.9 Å². The van der Waals surface area contributed by atoms with E-state index in [-0.39, 0.29) is 29.7 Å². The highest BCUT2D eigenvalue weighted by atomic mass is 32.2. The predicted molar refractivity (Wildman–Crippen MR) is 108 cm³/mol. The number of aromatic nitrogens is 1. The van der Waals surface area contributed by atoms with Crippen LogP contribution in [0.2, 0.25) is 0 Å². The molecule has 1 amide bonds. The maximum absolute atomic E-state index is 13.7. The molecule has 1 N–H and O–H groups in total. The number of fused-ring (bicyclic) bond motifs is 1. The van der Waals surface area contributed by atoms with Crippen LogP contribution in [0.5, 0.6) is 0 Å². The Morgan fingerprint density at radius 2 is 1.83 bits per heavy atom. The van der Waals surface area contributed by atoms with E-state index in [4.69, 9.17) is 0 Å². The van der Waals surface area contributed by atoms with E-state index in [1.54, 1.807) is 53.2 Å². The van der Waals surface area contributed by atoms with Crippen molar-refractivity contribution in [2.24, 2.45) is 0 Å². The second-order valence-corrected chi connectivity index (χ2v) is 9.08. The molecule has 0 saturated carbocycles. The standard InChI is InChI=1S/C21H22FN3O3S/c22-19-6-2-1-5-17(19)14-23-21(26)15-24-12-9-16-13-18(7-8-20(16)24)29(27,28)25-10-3-4-11-25/h1-2,5-9,12-13H,3-4,10-11,14-15H2,(H,23,26). The number of halogens is 1. The topological polar surface area (TPSA) is 71.4 Å². The lowest BCUT2D eigenvalue weighted by molar-refractivity contribution is -0.121. The highest BCUT2D eigenvalue weighted by molar-refractivity contribution is 7.89. The molecule has 8 heteroatoms. The average Bonchev–Trinajstić information content (AvgIpc) is 3.38. The average molecular weight is 415 g/mol. The van der Waals surface area contributed by atoms with Crippen LogP contribution in [0.1, 0.15) is 18.4 Å². The first-order chi connectivity index (χ1) is 13.9. The molecule has 1 aliphatic heterocycles. The fraction of sp³-hybridized carbons (Fsp3) is 0.286. The van der Waals surface area contributed by atoms with Gasteiger partial charge in [-0.1, -0.05) is 18.2 Å². The quantitative estimate of drug-likeness (QED) is 0.673. The zero-order chi connectivity index (χ0) is 20.4. The fourth-order valence-electron chi connectivity index (χ4n) is 3.60. The van der Waals surface area contributed by atoms with Gasteiger partial charge < -0.3 is 9.88 Å². The summed E-state index contributed by atoms with van der Waals surface area (Å²) in [6, 6.07) is 13.1. The summed E-state index contributed by atoms with van der Waals surface area (Å²) in [4.78, 5) is 12.6. The van der Waals surface area contributed by atoms with Crippen molar-refractivity contribution in [3.05, 3.63) is 66.1 Å². The minimum absolute atomic E-state index is 0.0656. The molecule has 0 radical (unpaired) electrons. The van der Waals surface area contributed by atoms with Gasteiger partial charge in [0.2, 0.25) is 15.9 Å². The zero-order valence-electron chi connectivity index (χ0n) is 15.8. The summed E-state index contributed by atoms with van der Waals surface area (Å²) in [5, 5.41) is 3.47. The Hall–Kier alpha value is -2.71. The molecule has 2 aromatic carbocycles. The second kappa shape index (κ2) is 7.96. The molecule has 1 saturated heterocycles. The van der Waals surface area contributed by atoms with E-state index < -0.39 is 10.0 Å². The predicted octanol–water partition coefficient (Wildman–Crippen LogP) is 2.88. The third-order valence-electron chi connectivity index (χ3n) is 5.19. The summed E-state index contributed by atoms with van der Waals surface area (Å²) < 4.78 is 42.4. The molecule has 1 aliphatic rings. The summed E-state index contributed by atoms with van der Waals surface area (Å²) in [5.74, 6) is -0.606. The van der Waals surface area contributed by atoms with Crippen molar-refractivity contribution in [1.29, 1.82) is 0 Å². The van der Waals surface area contributed by atoms with Crippen LogP contribution in [0.15, 0.2) is 59.6 Å². The molecule has 0 aliphatic carbocycles. The van der Waals surface area contributed by atoms with Gasteiger partial charge in [0.15, 0.2) is 0 Å². The third-order valence-corrected chi connectivity index (χ3v) is 7.09. The number of amides is 1. The number of carbonyl (C=O) groups is 1. The van der Waals surface area contributed by atoms with Crippen molar-refractivity contribution in [3.8, 4) is 0 Å². The minimum atomic E-state index is -3.48. The number of hydrogen-bond acceptors (Lipinski definition) is 3. The first-order valence-corrected chi connectivity index (χ1v) is 11.0. The van der Waals surface area contributed by atoms with Gasteiger partial charge in [-0.2, -0.15) is 4.31 Å². The molecule has 152 valence electrons. The van der Waals surface area contributed by atoms with Gasteiger partial charge in [0.1, 0.15) is 12.4 Å². The Bertz CT molecular complexity index is 1150. The van der Waals surface area contributed by atoms with Gasteiger partial charge in [-0.3, -0.25) is 4.79 Å². The molecule has 1 fully saturated rings. The van der Waals surface area contributed by atoms with Crippen molar-refractivity contribution < 1.29 is 17.6 Å². The van der Waals surface area contributed by atoms with Gasteiger partial charge in [-0.25, -0.2) is 12.8 Å². The van der Waals surface area contributed by atoms with Gasteiger partial charge in [0.05, 0.1) is 4.90 Å². The molecule has 4 rings (SSSR count). The lowest BCUT2D eigenvalue weighted by atomic mass is 10.2. The molecular formula is C21H22FN3O3S. The number of nitrogens with one attached hydrogen (secondary N) is 1. The monoisotopic (exact) mass is 415 g/mol. The van der Waals surface area contributed by atoms with Gasteiger partial charge in [-0.05, 0) is 43.2 Å². The normalized spacial score (nSPS) is 15.1. The molecule has 6 nitrogen and oxygen atoms in total. The number of hydrogen-bond donors (Lipinski definition) is 1. The lowest BCUT2D eigenvalue weighted by Gasteiger charge is -2.15. The van der Waals surface area contributed by atoms with E-state index in [0.717, 1.165) is 23.7 Å². The number of rotatable bonds is 6. The molecule has 29 heavy (non-hydrogen) atoms. The minimum Gasteiger partial charge on any atom is -0.350 e. The number of benzene rings is 2. The molecule has 0 atom stereocenters. The van der Waals surface area contributed by atoms with Crippen LogP contribution in [-0.4, -0.2) is 36.3 Å². The summed E-state index contributed by atoms with van der Waals surface area (Å²) in [7, 11) is -3.48. The van der Waals surface area contributed by atoms with Crippen LogP contribution in [0.4, 0.5) is 4.39 Å². The van der Waals surface area contributed by atoms with Gasteiger partial charge in [0, 0.05) is 42.3 Å². The zero-order valence-corrected chi connectivity index (χ0v) is 16.7. The van der Waals surface area contributed by atoms with Gasteiger partial charge >= 0.3 is 0 Å². The van der Waals surface area contributed by atoms with E-state index >= 15 is 0 Å². The van der Waals surface area contributed by atoms with Crippen molar-refractivity contribution in [2.75, 3.05) is 13.1 Å². The molecule has 0 unspecified atom stereocenters. The van der Waals surface area contributed by atoms with E-state index in [9.17, 15) is 17.6 Å². The molecular weight excluding hydrogens is 393 g/mol. The third kappa shape index (κ3) is 4.04. The molecule has 2 heterocycles. The summed E-state index contributed by atoms with van der Waals surface area (Å²) in [6.45, 7) is 1.30. The first kappa shape index (κ1) is 19.6. The molecule has 1 aromatic heterocycles. The number of carbonyl (C=O) groups excluding carboxylic acids is 1. The fourth-order valence-corrected chi connectivity index (χ4v) is 5.15. The Morgan fingerprint density at radius 1 is 1.07 bits per heavy atom. The maximum Gasteiger partial charge on any atom is 0.243 e. The highest BCUT2D eigenvalue weighted by Crippen LogP contribution is 2.25. The molecule has 0 spiro atoms. The van der Waals surface area contributed by atoms with E-state index in [1.807, 2.05) is 0 Å². The Kier molecular flexibility index (Phi) is 5.38. The number of sulfonamides is 1. The van der Waals surface area contributed by atoms with E-state index in [2.05, 4.69) is 5.32 Å². The van der Waals surface area contributed by atoms with Gasteiger partial charge in [0.25, 0.3) is 0 Å². The largest absolute Gasteiger partial charge is 0.350 e. The van der Waals surface area contributed by atoms with Crippen LogP contribution in [0.3, 0.4) is 0 Å². The Labute approximate surface area is 169 Å². The summed E-state index contributed by atoms with van der Waals surface area (Å²) in [5.41, 5.74) is 1.20. The Balaban J connectivity index is 1.47. The van der Waals surface area contributed by atoms with Crippen LogP contribution in [0.25, 0.3) is 10.9 Å². The van der Waals surface area contributed by atoms with E-state index in [1.165, 1.54) is 10.4 Å². The number of nitrogens with zero attached hydrogens (tertiary/aromatic N) is 2. The molecule has 3 aromatic rings. The Morgan fingerprint density at radius 3 is 2.59 bits per heavy atom. The summed E-state index contributed by atoms with van der Waals surface area (Å²) >= 11 is 0. The summed E-state index contributed by atoms with van der Waals surface area (Å²) in [6.07, 6.45) is 3.53. The highest BCUT2D eigenvalue weighted by Gasteiger charge is 2.27. The van der Waals surface area contributed by atoms with Crippen molar-refractivity contribution in [2.45, 2.75) is 30.8 Å². The van der Waals surface area contributed by atoms with Gasteiger partial charge in [-0.15, -0.1) is 0 Å². The van der Waals surface area contributed by atoms with E-state index in [0.29, 0.717) is 18.7 Å².